The summed E-state index contributed by atoms with van der Waals surface area (Å²) >= 11 is 1.44. The number of rotatable bonds is 2. The summed E-state index contributed by atoms with van der Waals surface area (Å²) < 4.78 is 76.6. The van der Waals surface area contributed by atoms with E-state index in [4.69, 9.17) is 5.73 Å². The number of alkyl halides is 6. The van der Waals surface area contributed by atoms with E-state index >= 15 is 0 Å². The van der Waals surface area contributed by atoms with E-state index in [-0.39, 0.29) is 9.13 Å². The predicted octanol–water partition coefficient (Wildman–Crippen LogP) is 3.06. The largest absolute Gasteiger partial charge is 0.574 e. The molecule has 0 aliphatic rings. The molecule has 0 aromatic carbocycles. The van der Waals surface area contributed by atoms with Crippen molar-refractivity contribution >= 4 is 22.6 Å². The van der Waals surface area contributed by atoms with Crippen LogP contribution in [0.5, 0.6) is 5.88 Å². The van der Waals surface area contributed by atoms with Gasteiger partial charge < -0.3 is 10.5 Å². The molecule has 0 aliphatic heterocycles. The third kappa shape index (κ3) is 3.86. The molecule has 10 heteroatoms. The minimum absolute atomic E-state index is 0.100. The molecule has 0 fully saturated rings. The van der Waals surface area contributed by atoms with E-state index in [9.17, 15) is 26.3 Å². The second-order valence-corrected chi connectivity index (χ2v) is 4.18. The number of halogens is 7. The zero-order valence-corrected chi connectivity index (χ0v) is 10.5. The second-order valence-electron chi connectivity index (χ2n) is 3.02. The highest BCUT2D eigenvalue weighted by Gasteiger charge is 2.37. The Bertz CT molecular complexity index is 444. The molecule has 1 aromatic rings. The molecule has 3 nitrogen and oxygen atoms in total. The van der Waals surface area contributed by atoms with Gasteiger partial charge in [0.2, 0.25) is 5.88 Å². The van der Waals surface area contributed by atoms with Crippen LogP contribution in [0.3, 0.4) is 0 Å². The molecule has 1 aromatic heterocycles. The summed E-state index contributed by atoms with van der Waals surface area (Å²) in [5, 5.41) is 0. The number of ether oxygens (including phenoxy) is 1. The third-order valence-corrected chi connectivity index (χ3v) is 2.70. The monoisotopic (exact) mass is 386 g/mol. The Labute approximate surface area is 110 Å². The lowest BCUT2D eigenvalue weighted by molar-refractivity contribution is -0.276. The van der Waals surface area contributed by atoms with Gasteiger partial charge in [0.1, 0.15) is 5.69 Å². The van der Waals surface area contributed by atoms with Crippen LogP contribution in [0.2, 0.25) is 0 Å². The fourth-order valence-corrected chi connectivity index (χ4v) is 1.79. The van der Waals surface area contributed by atoms with Gasteiger partial charge in [-0.15, -0.1) is 13.2 Å². The maximum absolute atomic E-state index is 12.4. The summed E-state index contributed by atoms with van der Waals surface area (Å²) in [4.78, 5) is 2.81. The topological polar surface area (TPSA) is 48.1 Å². The molecule has 0 atom stereocenters. The highest BCUT2D eigenvalue weighted by Crippen LogP contribution is 2.34. The van der Waals surface area contributed by atoms with E-state index in [0.29, 0.717) is 6.07 Å². The average molecular weight is 386 g/mol. The number of nitrogens with zero attached hydrogens (tertiary/aromatic N) is 1. The maximum atomic E-state index is 12.4. The molecule has 0 unspecified atom stereocenters. The first-order chi connectivity index (χ1) is 8.04. The summed E-state index contributed by atoms with van der Waals surface area (Å²) in [7, 11) is 0. The Balaban J connectivity index is 3.33. The van der Waals surface area contributed by atoms with Crippen LogP contribution in [-0.4, -0.2) is 11.3 Å². The minimum Gasteiger partial charge on any atom is -0.387 e. The van der Waals surface area contributed by atoms with Crippen LogP contribution in [-0.2, 0) is 12.7 Å². The van der Waals surface area contributed by atoms with E-state index in [2.05, 4.69) is 9.72 Å². The number of nitrogens with two attached hydrogens (primary N) is 1. The van der Waals surface area contributed by atoms with Gasteiger partial charge in [0.15, 0.2) is 0 Å². The summed E-state index contributed by atoms with van der Waals surface area (Å²) in [6, 6.07) is 0.603. The van der Waals surface area contributed by atoms with Crippen LogP contribution in [0.4, 0.5) is 26.3 Å². The lowest BCUT2D eigenvalue weighted by atomic mass is 10.2. The van der Waals surface area contributed by atoms with Gasteiger partial charge in [-0.1, -0.05) is 0 Å². The molecule has 18 heavy (non-hydrogen) atoms. The number of aromatic nitrogens is 1. The molecule has 0 aliphatic carbocycles. The van der Waals surface area contributed by atoms with Gasteiger partial charge in [0.05, 0.1) is 0 Å². The molecule has 2 N–H and O–H groups in total. The second kappa shape index (κ2) is 5.07. The van der Waals surface area contributed by atoms with Crippen molar-refractivity contribution in [1.82, 2.24) is 4.98 Å². The predicted molar refractivity (Wildman–Crippen MR) is 56.5 cm³/mol. The fourth-order valence-electron chi connectivity index (χ4n) is 1.04. The van der Waals surface area contributed by atoms with E-state index in [1.54, 1.807) is 0 Å². The molecule has 1 heterocycles. The van der Waals surface area contributed by atoms with Crippen LogP contribution in [0.25, 0.3) is 0 Å². The summed E-state index contributed by atoms with van der Waals surface area (Å²) in [6.45, 7) is -0.422. The Hall–Kier alpha value is -0.780. The SMILES string of the molecule is NCc1c(I)cc(C(F)(F)F)nc1OC(F)(F)F. The highest BCUT2D eigenvalue weighted by atomic mass is 127. The van der Waals surface area contributed by atoms with E-state index < -0.39 is 30.7 Å². The molecule has 0 radical (unpaired) electrons. The molecular formula is C8H5F6IN2O. The fraction of sp³-hybridized carbons (Fsp3) is 0.375. The first kappa shape index (κ1) is 15.3. The molecule has 0 bridgehead atoms. The van der Waals surface area contributed by atoms with Gasteiger partial charge in [0.25, 0.3) is 0 Å². The Morgan fingerprint density at radius 3 is 2.17 bits per heavy atom. The van der Waals surface area contributed by atoms with E-state index in [1.165, 1.54) is 22.6 Å². The zero-order chi connectivity index (χ0) is 14.1. The molecular weight excluding hydrogens is 381 g/mol. The summed E-state index contributed by atoms with van der Waals surface area (Å²) in [6.07, 6.45) is -10.00. The number of hydrogen-bond donors (Lipinski definition) is 1. The van der Waals surface area contributed by atoms with Crippen molar-refractivity contribution in [2.45, 2.75) is 19.1 Å². The van der Waals surface area contributed by atoms with Gasteiger partial charge in [-0.2, -0.15) is 13.2 Å². The van der Waals surface area contributed by atoms with Crippen molar-refractivity contribution in [2.24, 2.45) is 5.73 Å². The molecule has 0 saturated heterocycles. The quantitative estimate of drug-likeness (QED) is 0.628. The van der Waals surface area contributed by atoms with E-state index in [0.717, 1.165) is 0 Å². The smallest absolute Gasteiger partial charge is 0.387 e. The maximum Gasteiger partial charge on any atom is 0.574 e. The van der Waals surface area contributed by atoms with Gasteiger partial charge in [0, 0.05) is 15.7 Å². The molecule has 0 spiro atoms. The number of hydrogen-bond acceptors (Lipinski definition) is 3. The molecule has 1 rings (SSSR count). The normalized spacial score (nSPS) is 12.7. The van der Waals surface area contributed by atoms with E-state index in [1.807, 2.05) is 0 Å². The van der Waals surface area contributed by atoms with Crippen LogP contribution in [0.1, 0.15) is 11.3 Å². The van der Waals surface area contributed by atoms with Gasteiger partial charge in [-0.3, -0.25) is 0 Å². The Kier molecular flexibility index (Phi) is 4.30. The lowest BCUT2D eigenvalue weighted by Crippen LogP contribution is -2.22. The zero-order valence-electron chi connectivity index (χ0n) is 8.36. The molecule has 0 saturated carbocycles. The van der Waals surface area contributed by atoms with Crippen molar-refractivity contribution in [3.8, 4) is 5.88 Å². The molecule has 0 amide bonds. The van der Waals surface area contributed by atoms with Crippen molar-refractivity contribution in [3.05, 3.63) is 20.9 Å². The van der Waals surface area contributed by atoms with Crippen molar-refractivity contribution in [1.29, 1.82) is 0 Å². The van der Waals surface area contributed by atoms with Gasteiger partial charge in [-0.25, -0.2) is 4.98 Å². The summed E-state index contributed by atoms with van der Waals surface area (Å²) in [5.41, 5.74) is 3.45. The van der Waals surface area contributed by atoms with Crippen LogP contribution < -0.4 is 10.5 Å². The minimum atomic E-state index is -5.13. The average Bonchev–Trinajstić information content (AvgIpc) is 2.13. The van der Waals surface area contributed by atoms with Gasteiger partial charge in [-0.05, 0) is 28.7 Å². The van der Waals surface area contributed by atoms with Crippen LogP contribution >= 0.6 is 22.6 Å². The van der Waals surface area contributed by atoms with Crippen molar-refractivity contribution in [3.63, 3.8) is 0 Å². The van der Waals surface area contributed by atoms with Crippen LogP contribution in [0.15, 0.2) is 6.07 Å². The van der Waals surface area contributed by atoms with Gasteiger partial charge >= 0.3 is 12.5 Å². The Morgan fingerprint density at radius 1 is 1.22 bits per heavy atom. The lowest BCUT2D eigenvalue weighted by Gasteiger charge is -2.15. The van der Waals surface area contributed by atoms with Crippen LogP contribution in [0, 0.1) is 3.57 Å². The molecule has 102 valence electrons. The first-order valence-corrected chi connectivity index (χ1v) is 5.35. The van der Waals surface area contributed by atoms with Crippen molar-refractivity contribution < 1.29 is 31.1 Å². The Morgan fingerprint density at radius 2 is 1.78 bits per heavy atom. The summed E-state index contributed by atoms with van der Waals surface area (Å²) in [5.74, 6) is -1.18. The van der Waals surface area contributed by atoms with Crippen molar-refractivity contribution in [2.75, 3.05) is 0 Å². The third-order valence-electron chi connectivity index (χ3n) is 1.74. The number of pyridine rings is 1. The first-order valence-electron chi connectivity index (χ1n) is 4.27. The highest BCUT2D eigenvalue weighted by molar-refractivity contribution is 14.1. The standard InChI is InChI=1S/C8H5F6IN2O/c9-7(10,11)5-1-4(15)3(2-16)6(17-5)18-8(12,13)14/h1H,2,16H2.